The molecule has 0 saturated carbocycles. The minimum Gasteiger partial charge on any atom is -0.388 e. The Balaban J connectivity index is 2.11. The average molecular weight is 276 g/mol. The van der Waals surface area contributed by atoms with E-state index in [0.717, 1.165) is 6.42 Å². The van der Waals surface area contributed by atoms with Crippen molar-refractivity contribution in [2.45, 2.75) is 32.8 Å². The molecule has 1 aromatic heterocycles. The minimum absolute atomic E-state index is 0.102. The molecule has 0 bridgehead atoms. The number of hydrogen-bond donors (Lipinski definition) is 3. The fraction of sp³-hybridized carbons (Fsp3) is 0.500. The van der Waals surface area contributed by atoms with Crippen molar-refractivity contribution in [3.05, 3.63) is 23.8 Å². The number of aliphatic hydroxyl groups is 1. The Morgan fingerprint density at radius 1 is 1.50 bits per heavy atom. The lowest BCUT2D eigenvalue weighted by Crippen LogP contribution is -2.45. The Hall–Kier alpha value is -1.95. The van der Waals surface area contributed by atoms with Crippen molar-refractivity contribution in [1.29, 1.82) is 0 Å². The number of carbonyl (C=O) groups excluding carboxylic acids is 1. The van der Waals surface area contributed by atoms with Crippen LogP contribution in [0.1, 0.15) is 37.6 Å². The number of para-hydroxylation sites is 1. The molecule has 0 aliphatic rings. The van der Waals surface area contributed by atoms with Gasteiger partial charge < -0.3 is 10.4 Å². The number of aromatic amines is 1. The van der Waals surface area contributed by atoms with E-state index in [2.05, 4.69) is 20.7 Å². The zero-order chi connectivity index (χ0) is 14.8. The zero-order valence-corrected chi connectivity index (χ0v) is 12.0. The molecule has 0 aliphatic heterocycles. The third-order valence-electron chi connectivity index (χ3n) is 3.87. The monoisotopic (exact) mass is 276 g/mol. The Morgan fingerprint density at radius 2 is 2.25 bits per heavy atom. The van der Waals surface area contributed by atoms with Crippen LogP contribution in [0.25, 0.3) is 11.0 Å². The van der Waals surface area contributed by atoms with E-state index in [1.54, 1.807) is 25.1 Å². The van der Waals surface area contributed by atoms with Crippen LogP contribution in [-0.2, 0) is 0 Å². The zero-order valence-electron chi connectivity index (χ0n) is 12.0. The molecule has 0 aliphatic carbocycles. The summed E-state index contributed by atoms with van der Waals surface area (Å²) in [5.74, 6) is -0.154. The van der Waals surface area contributed by atoms with Crippen molar-refractivity contribution in [1.82, 2.24) is 20.7 Å². The molecule has 1 aromatic carbocycles. The van der Waals surface area contributed by atoms with Crippen LogP contribution in [0.3, 0.4) is 0 Å². The maximum Gasteiger partial charge on any atom is 0.253 e. The van der Waals surface area contributed by atoms with Gasteiger partial charge in [-0.2, -0.15) is 15.4 Å². The molecule has 2 rings (SSSR count). The summed E-state index contributed by atoms with van der Waals surface area (Å²) in [6.07, 6.45) is 0.849. The molecular weight excluding hydrogens is 256 g/mol. The molecule has 20 heavy (non-hydrogen) atoms. The molecule has 0 spiro atoms. The molecule has 1 heterocycles. The number of hydrogen-bond acceptors (Lipinski definition) is 4. The Bertz CT molecular complexity index is 606. The van der Waals surface area contributed by atoms with Gasteiger partial charge in [0.1, 0.15) is 11.0 Å². The molecule has 2 atom stereocenters. The van der Waals surface area contributed by atoms with E-state index in [-0.39, 0.29) is 18.4 Å². The van der Waals surface area contributed by atoms with E-state index >= 15 is 0 Å². The molecule has 0 fully saturated rings. The fourth-order valence-electron chi connectivity index (χ4n) is 2.02. The van der Waals surface area contributed by atoms with Crippen molar-refractivity contribution in [3.63, 3.8) is 0 Å². The SMILES string of the molecule is CCC(C)C(C)(O)CNC(=O)c1cccc2n[nH]nc12. The van der Waals surface area contributed by atoms with E-state index in [0.29, 0.717) is 16.6 Å². The van der Waals surface area contributed by atoms with Gasteiger partial charge in [0.05, 0.1) is 11.2 Å². The van der Waals surface area contributed by atoms with Crippen molar-refractivity contribution < 1.29 is 9.90 Å². The second-order valence-electron chi connectivity index (χ2n) is 5.35. The smallest absolute Gasteiger partial charge is 0.253 e. The van der Waals surface area contributed by atoms with E-state index in [9.17, 15) is 9.90 Å². The predicted octanol–water partition coefficient (Wildman–Crippen LogP) is 1.48. The molecule has 2 unspecified atom stereocenters. The van der Waals surface area contributed by atoms with Crippen LogP contribution in [0.15, 0.2) is 18.2 Å². The minimum atomic E-state index is -0.928. The molecule has 108 valence electrons. The van der Waals surface area contributed by atoms with Gasteiger partial charge in [0.15, 0.2) is 0 Å². The third-order valence-corrected chi connectivity index (χ3v) is 3.87. The Kier molecular flexibility index (Phi) is 4.04. The average Bonchev–Trinajstić information content (AvgIpc) is 2.92. The highest BCUT2D eigenvalue weighted by atomic mass is 16.3. The van der Waals surface area contributed by atoms with Gasteiger partial charge in [0, 0.05) is 6.54 Å². The number of fused-ring (bicyclic) bond motifs is 1. The van der Waals surface area contributed by atoms with Crippen molar-refractivity contribution in [3.8, 4) is 0 Å². The summed E-state index contributed by atoms with van der Waals surface area (Å²) in [4.78, 5) is 12.2. The summed E-state index contributed by atoms with van der Waals surface area (Å²) >= 11 is 0. The number of nitrogens with one attached hydrogen (secondary N) is 2. The first-order chi connectivity index (χ1) is 9.45. The first kappa shape index (κ1) is 14.5. The van der Waals surface area contributed by atoms with E-state index < -0.39 is 5.60 Å². The van der Waals surface area contributed by atoms with Crippen LogP contribution in [0, 0.1) is 5.92 Å². The number of nitrogens with zero attached hydrogens (tertiary/aromatic N) is 2. The highest BCUT2D eigenvalue weighted by Gasteiger charge is 2.27. The van der Waals surface area contributed by atoms with Crippen LogP contribution in [0.4, 0.5) is 0 Å². The highest BCUT2D eigenvalue weighted by Crippen LogP contribution is 2.19. The van der Waals surface area contributed by atoms with Gasteiger partial charge in [-0.05, 0) is 25.0 Å². The summed E-state index contributed by atoms with van der Waals surface area (Å²) in [7, 11) is 0. The van der Waals surface area contributed by atoms with Gasteiger partial charge in [-0.1, -0.05) is 26.3 Å². The molecule has 6 heteroatoms. The second kappa shape index (κ2) is 5.58. The maximum absolute atomic E-state index is 12.2. The quantitative estimate of drug-likeness (QED) is 0.771. The van der Waals surface area contributed by atoms with E-state index in [1.807, 2.05) is 13.8 Å². The van der Waals surface area contributed by atoms with Crippen LogP contribution >= 0.6 is 0 Å². The molecule has 6 nitrogen and oxygen atoms in total. The number of amides is 1. The second-order valence-corrected chi connectivity index (χ2v) is 5.35. The Labute approximate surface area is 117 Å². The molecule has 2 aromatic rings. The fourth-order valence-corrected chi connectivity index (χ4v) is 2.02. The topological polar surface area (TPSA) is 90.9 Å². The van der Waals surface area contributed by atoms with Gasteiger partial charge in [0.2, 0.25) is 0 Å². The van der Waals surface area contributed by atoms with Crippen LogP contribution in [0.2, 0.25) is 0 Å². The first-order valence-corrected chi connectivity index (χ1v) is 6.75. The van der Waals surface area contributed by atoms with Gasteiger partial charge >= 0.3 is 0 Å². The van der Waals surface area contributed by atoms with Gasteiger partial charge in [-0.15, -0.1) is 0 Å². The summed E-state index contributed by atoms with van der Waals surface area (Å²) < 4.78 is 0. The van der Waals surface area contributed by atoms with E-state index in [1.165, 1.54) is 0 Å². The summed E-state index contributed by atoms with van der Waals surface area (Å²) in [6, 6.07) is 5.23. The molecule has 0 saturated heterocycles. The summed E-state index contributed by atoms with van der Waals surface area (Å²) in [5, 5.41) is 23.5. The number of aromatic nitrogens is 3. The predicted molar refractivity (Wildman–Crippen MR) is 76.3 cm³/mol. The highest BCUT2D eigenvalue weighted by molar-refractivity contribution is 6.04. The lowest BCUT2D eigenvalue weighted by Gasteiger charge is -2.29. The van der Waals surface area contributed by atoms with Gasteiger partial charge in [0.25, 0.3) is 5.91 Å². The molecule has 3 N–H and O–H groups in total. The first-order valence-electron chi connectivity index (χ1n) is 6.75. The van der Waals surface area contributed by atoms with Crippen LogP contribution in [0.5, 0.6) is 0 Å². The standard InChI is InChI=1S/C14H20N4O2/c1-4-9(2)14(3,20)8-15-13(19)10-6-5-7-11-12(10)17-18-16-11/h5-7,9,20H,4,8H2,1-3H3,(H,15,19)(H,16,17,18). The normalized spacial score (nSPS) is 15.8. The van der Waals surface area contributed by atoms with Crippen LogP contribution in [-0.4, -0.2) is 38.6 Å². The number of benzene rings is 1. The van der Waals surface area contributed by atoms with Crippen molar-refractivity contribution in [2.24, 2.45) is 5.92 Å². The number of rotatable bonds is 5. The molecule has 1 amide bonds. The Morgan fingerprint density at radius 3 is 2.95 bits per heavy atom. The van der Waals surface area contributed by atoms with Gasteiger partial charge in [-0.3, -0.25) is 4.79 Å². The third kappa shape index (κ3) is 2.80. The van der Waals surface area contributed by atoms with E-state index in [4.69, 9.17) is 0 Å². The van der Waals surface area contributed by atoms with Crippen molar-refractivity contribution in [2.75, 3.05) is 6.54 Å². The van der Waals surface area contributed by atoms with Crippen LogP contribution < -0.4 is 5.32 Å². The molecular formula is C14H20N4O2. The summed E-state index contributed by atoms with van der Waals surface area (Å²) in [5.41, 5.74) is 0.706. The van der Waals surface area contributed by atoms with Gasteiger partial charge in [-0.25, -0.2) is 0 Å². The number of H-pyrrole nitrogens is 1. The molecule has 0 radical (unpaired) electrons. The lowest BCUT2D eigenvalue weighted by molar-refractivity contribution is 0.00594. The van der Waals surface area contributed by atoms with Crippen molar-refractivity contribution >= 4 is 16.9 Å². The largest absolute Gasteiger partial charge is 0.388 e. The lowest BCUT2D eigenvalue weighted by atomic mass is 9.88. The summed E-state index contributed by atoms with van der Waals surface area (Å²) in [6.45, 7) is 5.91. The number of carbonyl (C=O) groups is 1. The maximum atomic E-state index is 12.2.